The van der Waals surface area contributed by atoms with Crippen molar-refractivity contribution in [3.8, 4) is 18.1 Å². The Labute approximate surface area is 85.1 Å². The summed E-state index contributed by atoms with van der Waals surface area (Å²) in [5.74, 6) is 3.29. The number of terminal acetylenes is 1. The second-order valence-corrected chi connectivity index (χ2v) is 3.14. The van der Waals surface area contributed by atoms with E-state index in [0.29, 0.717) is 13.2 Å². The van der Waals surface area contributed by atoms with Crippen molar-refractivity contribution in [2.24, 2.45) is 5.73 Å². The molecule has 0 bridgehead atoms. The first kappa shape index (κ1) is 10.6. The maximum Gasteiger partial charge on any atom is 0.148 e. The summed E-state index contributed by atoms with van der Waals surface area (Å²) in [5.41, 5.74) is 7.85. The van der Waals surface area contributed by atoms with Gasteiger partial charge in [-0.1, -0.05) is 23.6 Å². The van der Waals surface area contributed by atoms with E-state index in [4.69, 9.17) is 16.9 Å². The molecule has 14 heavy (non-hydrogen) atoms. The van der Waals surface area contributed by atoms with Crippen LogP contribution >= 0.6 is 0 Å². The van der Waals surface area contributed by atoms with Crippen molar-refractivity contribution < 1.29 is 4.74 Å². The lowest BCUT2D eigenvalue weighted by Crippen LogP contribution is -2.05. The summed E-state index contributed by atoms with van der Waals surface area (Å²) in [6.45, 7) is 2.97. The first-order chi connectivity index (χ1) is 6.77. The van der Waals surface area contributed by atoms with Crippen LogP contribution in [0.4, 0.5) is 0 Å². The highest BCUT2D eigenvalue weighted by atomic mass is 16.5. The van der Waals surface area contributed by atoms with Gasteiger partial charge >= 0.3 is 0 Å². The lowest BCUT2D eigenvalue weighted by Gasteiger charge is -2.09. The summed E-state index contributed by atoms with van der Waals surface area (Å²) in [6.07, 6.45) is 5.95. The predicted octanol–water partition coefficient (Wildman–Crippen LogP) is 1.51. The predicted molar refractivity (Wildman–Crippen MR) is 58.3 cm³/mol. The van der Waals surface area contributed by atoms with Crippen LogP contribution in [0.2, 0.25) is 0 Å². The molecule has 0 aliphatic heterocycles. The average molecular weight is 189 g/mol. The summed E-state index contributed by atoms with van der Waals surface area (Å²) >= 11 is 0. The molecule has 0 spiro atoms. The maximum atomic E-state index is 5.51. The summed E-state index contributed by atoms with van der Waals surface area (Å²) in [6, 6.07) is 6.03. The molecule has 1 rings (SSSR count). The third-order valence-corrected chi connectivity index (χ3v) is 1.94. The minimum Gasteiger partial charge on any atom is -0.481 e. The molecule has 2 nitrogen and oxygen atoms in total. The van der Waals surface area contributed by atoms with Gasteiger partial charge in [-0.3, -0.25) is 0 Å². The Balaban J connectivity index is 2.85. The van der Waals surface area contributed by atoms with Crippen LogP contribution in [0.15, 0.2) is 18.2 Å². The van der Waals surface area contributed by atoms with Crippen LogP contribution in [0.1, 0.15) is 11.1 Å². The third kappa shape index (κ3) is 2.79. The normalized spacial score (nSPS) is 9.50. The Morgan fingerprint density at radius 1 is 1.50 bits per heavy atom. The van der Waals surface area contributed by atoms with Crippen molar-refractivity contribution in [1.29, 1.82) is 0 Å². The molecule has 0 saturated heterocycles. The van der Waals surface area contributed by atoms with Gasteiger partial charge in [0.15, 0.2) is 0 Å². The zero-order chi connectivity index (χ0) is 10.4. The molecule has 0 fully saturated rings. The van der Waals surface area contributed by atoms with Gasteiger partial charge in [-0.15, -0.1) is 6.42 Å². The van der Waals surface area contributed by atoms with Crippen LogP contribution in [0.5, 0.6) is 5.75 Å². The summed E-state index contributed by atoms with van der Waals surface area (Å²) < 4.78 is 5.40. The van der Waals surface area contributed by atoms with Gasteiger partial charge in [0.1, 0.15) is 12.4 Å². The highest BCUT2D eigenvalue weighted by molar-refractivity contribution is 5.37. The molecule has 2 N–H and O–H groups in total. The van der Waals surface area contributed by atoms with E-state index in [1.54, 1.807) is 0 Å². The Kier molecular flexibility index (Phi) is 4.03. The first-order valence-electron chi connectivity index (χ1n) is 4.63. The zero-order valence-corrected chi connectivity index (χ0v) is 8.42. The largest absolute Gasteiger partial charge is 0.481 e. The maximum absolute atomic E-state index is 5.51. The number of rotatable bonds is 4. The molecule has 0 radical (unpaired) electrons. The second kappa shape index (κ2) is 5.31. The Morgan fingerprint density at radius 3 is 2.93 bits per heavy atom. The van der Waals surface area contributed by atoms with Gasteiger partial charge in [-0.25, -0.2) is 0 Å². The molecule has 74 valence electrons. The van der Waals surface area contributed by atoms with E-state index in [-0.39, 0.29) is 0 Å². The molecule has 1 aromatic rings. The quantitative estimate of drug-likeness (QED) is 0.729. The summed E-state index contributed by atoms with van der Waals surface area (Å²) in [5, 5.41) is 0. The van der Waals surface area contributed by atoms with E-state index < -0.39 is 0 Å². The van der Waals surface area contributed by atoms with Crippen molar-refractivity contribution in [3.63, 3.8) is 0 Å². The molecule has 0 unspecified atom stereocenters. The molecule has 0 aliphatic rings. The number of nitrogens with two attached hydrogens (primary N) is 1. The summed E-state index contributed by atoms with van der Waals surface area (Å²) in [4.78, 5) is 0. The molecule has 0 aromatic heterocycles. The number of benzene rings is 1. The smallest absolute Gasteiger partial charge is 0.148 e. The molecule has 0 saturated carbocycles. The number of hydrogen-bond donors (Lipinski definition) is 1. The van der Waals surface area contributed by atoms with Crippen LogP contribution in [-0.4, -0.2) is 13.2 Å². The van der Waals surface area contributed by atoms with E-state index in [1.807, 2.05) is 19.1 Å². The van der Waals surface area contributed by atoms with Crippen molar-refractivity contribution in [1.82, 2.24) is 0 Å². The first-order valence-corrected chi connectivity index (χ1v) is 4.63. The van der Waals surface area contributed by atoms with E-state index in [1.165, 1.54) is 5.56 Å². The van der Waals surface area contributed by atoms with E-state index in [2.05, 4.69) is 12.0 Å². The SMILES string of the molecule is C#CCOc1ccc(C)cc1CCN. The second-order valence-electron chi connectivity index (χ2n) is 3.14. The molecule has 0 heterocycles. The molecular formula is C12H15NO. The minimum atomic E-state index is 0.306. The molecule has 1 aromatic carbocycles. The average Bonchev–Trinajstić information content (AvgIpc) is 2.17. The van der Waals surface area contributed by atoms with Gasteiger partial charge in [0.2, 0.25) is 0 Å². The van der Waals surface area contributed by atoms with Crippen LogP contribution in [0.25, 0.3) is 0 Å². The lowest BCUT2D eigenvalue weighted by molar-refractivity contribution is 0.366. The molecular weight excluding hydrogens is 174 g/mol. The Hall–Kier alpha value is -1.46. The topological polar surface area (TPSA) is 35.2 Å². The lowest BCUT2D eigenvalue weighted by atomic mass is 10.1. The molecule has 2 heteroatoms. The highest BCUT2D eigenvalue weighted by Crippen LogP contribution is 2.20. The van der Waals surface area contributed by atoms with Gasteiger partial charge in [0.05, 0.1) is 0 Å². The number of ether oxygens (including phenoxy) is 1. The standard InChI is InChI=1S/C12H15NO/c1-3-8-14-12-5-4-10(2)9-11(12)6-7-13/h1,4-5,9H,6-8,13H2,2H3. The minimum absolute atomic E-state index is 0.306. The highest BCUT2D eigenvalue weighted by Gasteiger charge is 2.02. The van der Waals surface area contributed by atoms with Crippen LogP contribution in [0.3, 0.4) is 0 Å². The zero-order valence-electron chi connectivity index (χ0n) is 8.42. The van der Waals surface area contributed by atoms with Crippen molar-refractivity contribution in [2.45, 2.75) is 13.3 Å². The van der Waals surface area contributed by atoms with Gasteiger partial charge in [-0.2, -0.15) is 0 Å². The summed E-state index contributed by atoms with van der Waals surface area (Å²) in [7, 11) is 0. The van der Waals surface area contributed by atoms with Crippen LogP contribution in [-0.2, 0) is 6.42 Å². The Bertz CT molecular complexity index is 339. The Morgan fingerprint density at radius 2 is 2.29 bits per heavy atom. The van der Waals surface area contributed by atoms with E-state index in [9.17, 15) is 0 Å². The van der Waals surface area contributed by atoms with E-state index >= 15 is 0 Å². The fraction of sp³-hybridized carbons (Fsp3) is 0.333. The van der Waals surface area contributed by atoms with Crippen LogP contribution in [0, 0.1) is 19.3 Å². The van der Waals surface area contributed by atoms with Crippen molar-refractivity contribution in [2.75, 3.05) is 13.2 Å². The van der Waals surface area contributed by atoms with E-state index in [0.717, 1.165) is 17.7 Å². The molecule has 0 amide bonds. The third-order valence-electron chi connectivity index (χ3n) is 1.94. The monoisotopic (exact) mass is 189 g/mol. The number of hydrogen-bond acceptors (Lipinski definition) is 2. The van der Waals surface area contributed by atoms with Gasteiger partial charge in [0.25, 0.3) is 0 Å². The van der Waals surface area contributed by atoms with Gasteiger partial charge < -0.3 is 10.5 Å². The van der Waals surface area contributed by atoms with Gasteiger partial charge in [0, 0.05) is 0 Å². The van der Waals surface area contributed by atoms with Crippen LogP contribution < -0.4 is 10.5 Å². The number of aryl methyl sites for hydroxylation is 1. The fourth-order valence-corrected chi connectivity index (χ4v) is 1.32. The fourth-order valence-electron chi connectivity index (χ4n) is 1.32. The molecule has 0 atom stereocenters. The van der Waals surface area contributed by atoms with Crippen molar-refractivity contribution in [3.05, 3.63) is 29.3 Å². The van der Waals surface area contributed by atoms with Gasteiger partial charge in [-0.05, 0) is 31.5 Å². The molecule has 0 aliphatic carbocycles. The van der Waals surface area contributed by atoms with Crippen molar-refractivity contribution >= 4 is 0 Å².